The van der Waals surface area contributed by atoms with E-state index >= 15 is 0 Å². The van der Waals surface area contributed by atoms with Gasteiger partial charge in [-0.3, -0.25) is 14.4 Å². The van der Waals surface area contributed by atoms with Crippen molar-refractivity contribution >= 4 is 5.91 Å². The second-order valence-corrected chi connectivity index (χ2v) is 4.79. The van der Waals surface area contributed by atoms with Crippen molar-refractivity contribution in [3.05, 3.63) is 12.7 Å². The summed E-state index contributed by atoms with van der Waals surface area (Å²) in [5.41, 5.74) is 0. The van der Waals surface area contributed by atoms with Crippen LogP contribution < -0.4 is 5.32 Å². The number of hydrogen-bond acceptors (Lipinski definition) is 5. The minimum atomic E-state index is 0.0521. The van der Waals surface area contributed by atoms with Gasteiger partial charge in [-0.25, -0.2) is 4.98 Å². The molecule has 0 radical (unpaired) electrons. The average molecular weight is 267 g/mol. The lowest BCUT2D eigenvalue weighted by atomic mass is 10.2. The van der Waals surface area contributed by atoms with Gasteiger partial charge >= 0.3 is 0 Å². The van der Waals surface area contributed by atoms with Gasteiger partial charge in [0.1, 0.15) is 12.7 Å². The van der Waals surface area contributed by atoms with Gasteiger partial charge in [-0.2, -0.15) is 5.10 Å². The molecule has 7 nitrogen and oxygen atoms in total. The van der Waals surface area contributed by atoms with Crippen molar-refractivity contribution in [3.63, 3.8) is 0 Å². The van der Waals surface area contributed by atoms with Crippen LogP contribution in [0.1, 0.15) is 13.3 Å². The van der Waals surface area contributed by atoms with Crippen LogP contribution in [-0.2, 0) is 16.1 Å². The van der Waals surface area contributed by atoms with Crippen molar-refractivity contribution in [1.29, 1.82) is 0 Å². The highest BCUT2D eigenvalue weighted by Crippen LogP contribution is 1.99. The van der Waals surface area contributed by atoms with Crippen molar-refractivity contribution in [2.24, 2.45) is 0 Å². The van der Waals surface area contributed by atoms with Crippen LogP contribution in [0.2, 0.25) is 0 Å². The maximum Gasteiger partial charge on any atom is 0.222 e. The summed E-state index contributed by atoms with van der Waals surface area (Å²) >= 11 is 0. The Morgan fingerprint density at radius 3 is 2.95 bits per heavy atom. The van der Waals surface area contributed by atoms with Crippen molar-refractivity contribution in [2.45, 2.75) is 25.9 Å². The van der Waals surface area contributed by atoms with Gasteiger partial charge in [0.25, 0.3) is 0 Å². The molecule has 1 aliphatic rings. The van der Waals surface area contributed by atoms with E-state index in [2.05, 4.69) is 20.3 Å². The van der Waals surface area contributed by atoms with Gasteiger partial charge in [-0.05, 0) is 6.92 Å². The predicted octanol–water partition coefficient (Wildman–Crippen LogP) is -0.495. The summed E-state index contributed by atoms with van der Waals surface area (Å²) < 4.78 is 6.96. The SMILES string of the molecule is C[C@H](CN1CCOCC1)NC(=O)CCn1cncn1. The standard InChI is InChI=1S/C12H21N5O2/c1-11(8-16-4-6-19-7-5-16)15-12(18)2-3-17-10-13-9-14-17/h9-11H,2-8H2,1H3,(H,15,18)/t11-/m1/s1. The molecule has 106 valence electrons. The predicted molar refractivity (Wildman–Crippen MR) is 69.5 cm³/mol. The van der Waals surface area contributed by atoms with Gasteiger partial charge in [0.2, 0.25) is 5.91 Å². The van der Waals surface area contributed by atoms with Crippen molar-refractivity contribution in [3.8, 4) is 0 Å². The molecule has 1 N–H and O–H groups in total. The Hall–Kier alpha value is -1.47. The smallest absolute Gasteiger partial charge is 0.222 e. The molecule has 19 heavy (non-hydrogen) atoms. The highest BCUT2D eigenvalue weighted by atomic mass is 16.5. The number of carbonyl (C=O) groups is 1. The molecule has 1 amide bonds. The van der Waals surface area contributed by atoms with Crippen LogP contribution in [0, 0.1) is 0 Å². The summed E-state index contributed by atoms with van der Waals surface area (Å²) in [5.74, 6) is 0.0521. The third kappa shape index (κ3) is 4.96. The number of morpholine rings is 1. The Morgan fingerprint density at radius 1 is 1.47 bits per heavy atom. The Bertz CT molecular complexity index is 375. The summed E-state index contributed by atoms with van der Waals surface area (Å²) in [5, 5.41) is 6.97. The highest BCUT2D eigenvalue weighted by Gasteiger charge is 2.15. The van der Waals surface area contributed by atoms with Gasteiger partial charge in [-0.1, -0.05) is 0 Å². The molecule has 1 fully saturated rings. The van der Waals surface area contributed by atoms with Crippen LogP contribution in [0.3, 0.4) is 0 Å². The fourth-order valence-corrected chi connectivity index (χ4v) is 2.13. The molecule has 2 rings (SSSR count). The molecule has 0 aliphatic carbocycles. The van der Waals surface area contributed by atoms with Crippen LogP contribution in [0.4, 0.5) is 0 Å². The van der Waals surface area contributed by atoms with E-state index in [1.807, 2.05) is 6.92 Å². The number of aromatic nitrogens is 3. The average Bonchev–Trinajstić information content (AvgIpc) is 2.90. The fraction of sp³-hybridized carbons (Fsp3) is 0.750. The van der Waals surface area contributed by atoms with Crippen molar-refractivity contribution in [2.75, 3.05) is 32.8 Å². The van der Waals surface area contributed by atoms with E-state index in [4.69, 9.17) is 4.74 Å². The third-order valence-electron chi connectivity index (χ3n) is 3.08. The lowest BCUT2D eigenvalue weighted by Crippen LogP contribution is -2.46. The third-order valence-corrected chi connectivity index (χ3v) is 3.08. The second-order valence-electron chi connectivity index (χ2n) is 4.79. The molecule has 0 unspecified atom stereocenters. The Morgan fingerprint density at radius 2 is 2.26 bits per heavy atom. The molecule has 7 heteroatoms. The van der Waals surface area contributed by atoms with Gasteiger partial charge in [-0.15, -0.1) is 0 Å². The number of amides is 1. The van der Waals surface area contributed by atoms with E-state index in [1.54, 1.807) is 11.0 Å². The zero-order valence-electron chi connectivity index (χ0n) is 11.3. The normalized spacial score (nSPS) is 18.2. The number of aryl methyl sites for hydroxylation is 1. The lowest BCUT2D eigenvalue weighted by Gasteiger charge is -2.29. The maximum absolute atomic E-state index is 11.8. The van der Waals surface area contributed by atoms with E-state index in [0.29, 0.717) is 13.0 Å². The van der Waals surface area contributed by atoms with Gasteiger partial charge < -0.3 is 10.1 Å². The van der Waals surface area contributed by atoms with E-state index < -0.39 is 0 Å². The molecule has 1 saturated heterocycles. The summed E-state index contributed by atoms with van der Waals surface area (Å²) in [7, 11) is 0. The Labute approximate surface area is 112 Å². The number of carbonyl (C=O) groups excluding carboxylic acids is 1. The quantitative estimate of drug-likeness (QED) is 0.752. The van der Waals surface area contributed by atoms with Gasteiger partial charge in [0.05, 0.1) is 19.8 Å². The largest absolute Gasteiger partial charge is 0.379 e. The van der Waals surface area contributed by atoms with E-state index in [1.165, 1.54) is 6.33 Å². The highest BCUT2D eigenvalue weighted by molar-refractivity contribution is 5.76. The molecule has 1 aliphatic heterocycles. The van der Waals surface area contributed by atoms with E-state index in [0.717, 1.165) is 32.8 Å². The summed E-state index contributed by atoms with van der Waals surface area (Å²) in [6.07, 6.45) is 3.51. The van der Waals surface area contributed by atoms with Crippen molar-refractivity contribution < 1.29 is 9.53 Å². The first-order chi connectivity index (χ1) is 9.24. The van der Waals surface area contributed by atoms with Crippen LogP contribution in [0.5, 0.6) is 0 Å². The number of nitrogens with one attached hydrogen (secondary N) is 1. The Kier molecular flexibility index (Phi) is 5.29. The van der Waals surface area contributed by atoms with E-state index in [9.17, 15) is 4.79 Å². The summed E-state index contributed by atoms with van der Waals surface area (Å²) in [4.78, 5) is 17.9. The van der Waals surface area contributed by atoms with Crippen molar-refractivity contribution in [1.82, 2.24) is 25.0 Å². The van der Waals surface area contributed by atoms with Crippen LogP contribution in [0.15, 0.2) is 12.7 Å². The van der Waals surface area contributed by atoms with Crippen LogP contribution in [-0.4, -0.2) is 64.5 Å². The molecule has 2 heterocycles. The molecule has 0 bridgehead atoms. The zero-order chi connectivity index (χ0) is 13.5. The first kappa shape index (κ1) is 14.0. The first-order valence-corrected chi connectivity index (χ1v) is 6.66. The number of ether oxygens (including phenoxy) is 1. The monoisotopic (exact) mass is 267 g/mol. The molecule has 0 spiro atoms. The Balaban J connectivity index is 1.63. The topological polar surface area (TPSA) is 72.3 Å². The molecule has 1 atom stereocenters. The minimum Gasteiger partial charge on any atom is -0.379 e. The summed E-state index contributed by atoms with van der Waals surface area (Å²) in [6.45, 7) is 6.93. The molecule has 1 aromatic heterocycles. The lowest BCUT2D eigenvalue weighted by molar-refractivity contribution is -0.122. The fourth-order valence-electron chi connectivity index (χ4n) is 2.13. The van der Waals surface area contributed by atoms with Crippen LogP contribution >= 0.6 is 0 Å². The molecule has 0 aromatic carbocycles. The number of nitrogens with zero attached hydrogens (tertiary/aromatic N) is 4. The minimum absolute atomic E-state index is 0.0521. The molecule has 1 aromatic rings. The van der Waals surface area contributed by atoms with Gasteiger partial charge in [0.15, 0.2) is 0 Å². The second kappa shape index (κ2) is 7.20. The van der Waals surface area contributed by atoms with Crippen LogP contribution in [0.25, 0.3) is 0 Å². The molecular weight excluding hydrogens is 246 g/mol. The van der Waals surface area contributed by atoms with Gasteiger partial charge in [0, 0.05) is 32.1 Å². The number of rotatable bonds is 6. The maximum atomic E-state index is 11.8. The van der Waals surface area contributed by atoms with E-state index in [-0.39, 0.29) is 11.9 Å². The summed E-state index contributed by atoms with van der Waals surface area (Å²) in [6, 6.07) is 0.154. The zero-order valence-corrected chi connectivity index (χ0v) is 11.3. The first-order valence-electron chi connectivity index (χ1n) is 6.66. The number of hydrogen-bond donors (Lipinski definition) is 1. The molecule has 0 saturated carbocycles. The molecular formula is C12H21N5O2.